The standard InChI is InChI=1S/C19H20N4O3S/c1-3-15-18(12(2)22-26-15)14-6-4-5-13(21-14)16-10-23(7-8-25-16)19(24)17-9-20-11-27-17/h4-6,9,11,16H,3,7-8,10H2,1-2H3/t16-/m1/s1. The molecule has 27 heavy (non-hydrogen) atoms. The van der Waals surface area contributed by atoms with Crippen LogP contribution >= 0.6 is 11.3 Å². The maximum Gasteiger partial charge on any atom is 0.265 e. The summed E-state index contributed by atoms with van der Waals surface area (Å²) in [6, 6.07) is 5.84. The molecule has 0 aliphatic carbocycles. The van der Waals surface area contributed by atoms with Crippen LogP contribution in [0.2, 0.25) is 0 Å². The molecule has 0 bridgehead atoms. The van der Waals surface area contributed by atoms with Crippen LogP contribution in [-0.4, -0.2) is 45.6 Å². The molecule has 0 unspecified atom stereocenters. The molecule has 3 aromatic heterocycles. The van der Waals surface area contributed by atoms with Crippen molar-refractivity contribution < 1.29 is 14.1 Å². The van der Waals surface area contributed by atoms with Crippen LogP contribution in [0.3, 0.4) is 0 Å². The van der Waals surface area contributed by atoms with Crippen LogP contribution in [0.25, 0.3) is 11.3 Å². The molecule has 0 spiro atoms. The Bertz CT molecular complexity index is 938. The third-order valence-electron chi connectivity index (χ3n) is 4.61. The number of thiazole rings is 1. The fourth-order valence-corrected chi connectivity index (χ4v) is 3.83. The van der Waals surface area contributed by atoms with Gasteiger partial charge in [0.05, 0.1) is 47.5 Å². The van der Waals surface area contributed by atoms with Crippen molar-refractivity contribution in [3.05, 3.63) is 51.9 Å². The van der Waals surface area contributed by atoms with E-state index in [1.54, 1.807) is 16.6 Å². The highest BCUT2D eigenvalue weighted by Crippen LogP contribution is 2.29. The second kappa shape index (κ2) is 7.58. The van der Waals surface area contributed by atoms with Crippen molar-refractivity contribution in [2.45, 2.75) is 26.4 Å². The van der Waals surface area contributed by atoms with Gasteiger partial charge in [-0.25, -0.2) is 4.98 Å². The third-order valence-corrected chi connectivity index (χ3v) is 5.37. The first-order valence-electron chi connectivity index (χ1n) is 8.89. The van der Waals surface area contributed by atoms with Crippen LogP contribution in [0.4, 0.5) is 0 Å². The van der Waals surface area contributed by atoms with E-state index in [-0.39, 0.29) is 12.0 Å². The predicted molar refractivity (Wildman–Crippen MR) is 101 cm³/mol. The van der Waals surface area contributed by atoms with E-state index in [0.717, 1.165) is 34.8 Å². The van der Waals surface area contributed by atoms with Crippen molar-refractivity contribution in [1.82, 2.24) is 20.0 Å². The minimum atomic E-state index is -0.263. The van der Waals surface area contributed by atoms with Crippen LogP contribution in [-0.2, 0) is 11.2 Å². The van der Waals surface area contributed by atoms with Gasteiger partial charge in [-0.15, -0.1) is 11.3 Å². The summed E-state index contributed by atoms with van der Waals surface area (Å²) in [5, 5.41) is 4.07. The first-order chi connectivity index (χ1) is 13.2. The van der Waals surface area contributed by atoms with Gasteiger partial charge in [0, 0.05) is 13.0 Å². The van der Waals surface area contributed by atoms with E-state index in [1.807, 2.05) is 32.0 Å². The fourth-order valence-electron chi connectivity index (χ4n) is 3.25. The number of nitrogens with zero attached hydrogens (tertiary/aromatic N) is 4. The second-order valence-corrected chi connectivity index (χ2v) is 7.23. The Balaban J connectivity index is 1.58. The number of ether oxygens (including phenoxy) is 1. The largest absolute Gasteiger partial charge is 0.368 e. The van der Waals surface area contributed by atoms with Gasteiger partial charge in [0.15, 0.2) is 0 Å². The lowest BCUT2D eigenvalue weighted by Crippen LogP contribution is -2.42. The lowest BCUT2D eigenvalue weighted by atomic mass is 10.1. The van der Waals surface area contributed by atoms with E-state index in [1.165, 1.54) is 11.3 Å². The van der Waals surface area contributed by atoms with E-state index in [9.17, 15) is 4.79 Å². The molecular weight excluding hydrogens is 364 g/mol. The van der Waals surface area contributed by atoms with Crippen molar-refractivity contribution >= 4 is 17.2 Å². The van der Waals surface area contributed by atoms with E-state index >= 15 is 0 Å². The summed E-state index contributed by atoms with van der Waals surface area (Å²) >= 11 is 1.35. The van der Waals surface area contributed by atoms with Crippen molar-refractivity contribution in [3.63, 3.8) is 0 Å². The summed E-state index contributed by atoms with van der Waals surface area (Å²) in [7, 11) is 0. The quantitative estimate of drug-likeness (QED) is 0.687. The molecule has 0 N–H and O–H groups in total. The molecule has 0 aromatic carbocycles. The number of hydrogen-bond donors (Lipinski definition) is 0. The number of carbonyl (C=O) groups is 1. The molecule has 4 rings (SSSR count). The van der Waals surface area contributed by atoms with Crippen LogP contribution in [0, 0.1) is 6.92 Å². The number of rotatable bonds is 4. The number of morpholine rings is 1. The summed E-state index contributed by atoms with van der Waals surface area (Å²) in [5.74, 6) is 0.814. The number of aryl methyl sites for hydroxylation is 2. The molecule has 1 atom stereocenters. The van der Waals surface area contributed by atoms with Crippen LogP contribution in [0.1, 0.15) is 39.8 Å². The SMILES string of the molecule is CCc1onc(C)c1-c1cccc([C@H]2CN(C(=O)c3cncs3)CCO2)n1. The summed E-state index contributed by atoms with van der Waals surface area (Å²) in [4.78, 5) is 23.9. The van der Waals surface area contributed by atoms with Gasteiger partial charge in [-0.05, 0) is 19.1 Å². The van der Waals surface area contributed by atoms with Gasteiger partial charge in [0.1, 0.15) is 16.7 Å². The normalized spacial score (nSPS) is 17.3. The summed E-state index contributed by atoms with van der Waals surface area (Å²) in [5.41, 5.74) is 5.05. The molecule has 8 heteroatoms. The minimum absolute atomic E-state index is 0.00916. The average molecular weight is 384 g/mol. The zero-order valence-corrected chi connectivity index (χ0v) is 16.0. The van der Waals surface area contributed by atoms with E-state index in [4.69, 9.17) is 14.2 Å². The van der Waals surface area contributed by atoms with Crippen molar-refractivity contribution in [1.29, 1.82) is 0 Å². The third kappa shape index (κ3) is 3.50. The molecule has 1 saturated heterocycles. The van der Waals surface area contributed by atoms with E-state index in [2.05, 4.69) is 10.1 Å². The first kappa shape index (κ1) is 17.8. The highest BCUT2D eigenvalue weighted by atomic mass is 32.1. The van der Waals surface area contributed by atoms with Gasteiger partial charge in [0.2, 0.25) is 0 Å². The number of carbonyl (C=O) groups excluding carboxylic acids is 1. The molecule has 1 aliphatic heterocycles. The molecule has 4 heterocycles. The van der Waals surface area contributed by atoms with Gasteiger partial charge < -0.3 is 14.2 Å². The summed E-state index contributed by atoms with van der Waals surface area (Å²) < 4.78 is 11.3. The highest BCUT2D eigenvalue weighted by molar-refractivity contribution is 7.11. The Labute approximate surface area is 161 Å². The van der Waals surface area contributed by atoms with E-state index in [0.29, 0.717) is 24.6 Å². The number of hydrogen-bond acceptors (Lipinski definition) is 7. The van der Waals surface area contributed by atoms with Crippen molar-refractivity contribution in [3.8, 4) is 11.3 Å². The Kier molecular flexibility index (Phi) is 5.00. The lowest BCUT2D eigenvalue weighted by Gasteiger charge is -2.32. The van der Waals surface area contributed by atoms with Crippen molar-refractivity contribution in [2.24, 2.45) is 0 Å². The van der Waals surface area contributed by atoms with Gasteiger partial charge >= 0.3 is 0 Å². The Hall–Kier alpha value is -2.58. The number of pyridine rings is 1. The maximum absolute atomic E-state index is 12.6. The first-order valence-corrected chi connectivity index (χ1v) is 9.77. The second-order valence-electron chi connectivity index (χ2n) is 6.34. The average Bonchev–Trinajstić information content (AvgIpc) is 3.37. The monoisotopic (exact) mass is 384 g/mol. The Morgan fingerprint density at radius 1 is 1.41 bits per heavy atom. The molecule has 1 amide bonds. The topological polar surface area (TPSA) is 81.4 Å². The molecule has 7 nitrogen and oxygen atoms in total. The zero-order valence-electron chi connectivity index (χ0n) is 15.2. The molecule has 3 aromatic rings. The fraction of sp³-hybridized carbons (Fsp3) is 0.368. The van der Waals surface area contributed by atoms with Gasteiger partial charge in [-0.2, -0.15) is 0 Å². The lowest BCUT2D eigenvalue weighted by molar-refractivity contribution is -0.0245. The summed E-state index contributed by atoms with van der Waals surface area (Å²) in [6.45, 7) is 5.46. The zero-order chi connectivity index (χ0) is 18.8. The number of aromatic nitrogens is 3. The predicted octanol–water partition coefficient (Wildman–Crippen LogP) is 3.28. The molecule has 0 radical (unpaired) electrons. The molecule has 140 valence electrons. The molecule has 1 aliphatic rings. The van der Waals surface area contributed by atoms with Crippen molar-refractivity contribution in [2.75, 3.05) is 19.7 Å². The maximum atomic E-state index is 12.6. The highest BCUT2D eigenvalue weighted by Gasteiger charge is 2.28. The van der Waals surface area contributed by atoms with Gasteiger partial charge in [-0.3, -0.25) is 9.78 Å². The minimum Gasteiger partial charge on any atom is -0.368 e. The smallest absolute Gasteiger partial charge is 0.265 e. The number of amides is 1. The molecule has 1 fully saturated rings. The summed E-state index contributed by atoms with van der Waals surface area (Å²) in [6.07, 6.45) is 2.09. The molecular formula is C19H20N4O3S. The van der Waals surface area contributed by atoms with Crippen LogP contribution < -0.4 is 0 Å². The van der Waals surface area contributed by atoms with Gasteiger partial charge in [-0.1, -0.05) is 18.1 Å². The van der Waals surface area contributed by atoms with Crippen LogP contribution in [0.5, 0.6) is 0 Å². The van der Waals surface area contributed by atoms with Crippen LogP contribution in [0.15, 0.2) is 34.4 Å². The van der Waals surface area contributed by atoms with E-state index < -0.39 is 0 Å². The molecule has 0 saturated carbocycles. The Morgan fingerprint density at radius 2 is 2.30 bits per heavy atom. The Morgan fingerprint density at radius 3 is 3.07 bits per heavy atom. The van der Waals surface area contributed by atoms with Gasteiger partial charge in [0.25, 0.3) is 5.91 Å².